The Bertz CT molecular complexity index is 359. The summed E-state index contributed by atoms with van der Waals surface area (Å²) in [6, 6.07) is 8.41. The molecule has 0 radical (unpaired) electrons. The number of aryl methyl sites for hydroxylation is 1. The molecule has 1 aromatic rings. The average molecular weight is 290 g/mol. The van der Waals surface area contributed by atoms with Crippen molar-refractivity contribution in [3.05, 3.63) is 29.8 Å². The molecule has 0 aliphatic heterocycles. The van der Waals surface area contributed by atoms with Crippen LogP contribution in [0.4, 0.5) is 0 Å². The number of benzene rings is 1. The highest BCUT2D eigenvalue weighted by atomic mass is 16.5. The van der Waals surface area contributed by atoms with Gasteiger partial charge in [0.1, 0.15) is 5.75 Å². The van der Waals surface area contributed by atoms with Crippen LogP contribution in [0.2, 0.25) is 0 Å². The lowest BCUT2D eigenvalue weighted by molar-refractivity contribution is 0.300. The first kappa shape index (κ1) is 18.1. The maximum Gasteiger partial charge on any atom is 0.122 e. The molecule has 0 N–H and O–H groups in total. The number of unbranched alkanes of at least 4 members (excludes halogenated alkanes) is 3. The number of rotatable bonds is 12. The fourth-order valence-electron chi connectivity index (χ4n) is 2.97. The van der Waals surface area contributed by atoms with Gasteiger partial charge in [0.05, 0.1) is 6.61 Å². The molecule has 0 aliphatic carbocycles. The standard InChI is InChI=1S/C20H34O/c1-4-13-18(5-2)14-9-7-8-12-17-21-20-16-11-10-15-19(20)6-3/h10-11,15-16,18H,4-9,12-14,17H2,1-3H3. The summed E-state index contributed by atoms with van der Waals surface area (Å²) >= 11 is 0. The number of hydrogen-bond acceptors (Lipinski definition) is 1. The molecule has 21 heavy (non-hydrogen) atoms. The summed E-state index contributed by atoms with van der Waals surface area (Å²) in [4.78, 5) is 0. The predicted octanol–water partition coefficient (Wildman–Crippen LogP) is 6.40. The van der Waals surface area contributed by atoms with Gasteiger partial charge in [-0.1, -0.05) is 83.9 Å². The van der Waals surface area contributed by atoms with Gasteiger partial charge in [-0.2, -0.15) is 0 Å². The van der Waals surface area contributed by atoms with E-state index in [4.69, 9.17) is 4.74 Å². The molecule has 1 rings (SSSR count). The second-order valence-corrected chi connectivity index (χ2v) is 6.08. The second-order valence-electron chi connectivity index (χ2n) is 6.08. The molecule has 0 bridgehead atoms. The van der Waals surface area contributed by atoms with Crippen molar-refractivity contribution in [2.24, 2.45) is 5.92 Å². The molecular formula is C20H34O. The van der Waals surface area contributed by atoms with Gasteiger partial charge in [-0.05, 0) is 30.4 Å². The highest BCUT2D eigenvalue weighted by molar-refractivity contribution is 5.33. The van der Waals surface area contributed by atoms with E-state index in [1.54, 1.807) is 0 Å². The summed E-state index contributed by atoms with van der Waals surface area (Å²) in [5.74, 6) is 2.04. The molecule has 0 aliphatic rings. The summed E-state index contributed by atoms with van der Waals surface area (Å²) in [7, 11) is 0. The Morgan fingerprint density at radius 1 is 0.905 bits per heavy atom. The Morgan fingerprint density at radius 3 is 2.38 bits per heavy atom. The molecule has 1 heteroatoms. The molecule has 120 valence electrons. The summed E-state index contributed by atoms with van der Waals surface area (Å²) in [5, 5.41) is 0. The fraction of sp³-hybridized carbons (Fsp3) is 0.700. The lowest BCUT2D eigenvalue weighted by atomic mass is 9.94. The van der Waals surface area contributed by atoms with Gasteiger partial charge in [0.15, 0.2) is 0 Å². The van der Waals surface area contributed by atoms with Crippen molar-refractivity contribution in [2.75, 3.05) is 6.61 Å². The number of para-hydroxylation sites is 1. The molecule has 0 aromatic heterocycles. The molecule has 0 fully saturated rings. The van der Waals surface area contributed by atoms with E-state index < -0.39 is 0 Å². The van der Waals surface area contributed by atoms with Crippen molar-refractivity contribution in [3.8, 4) is 5.75 Å². The average Bonchev–Trinajstić information content (AvgIpc) is 2.53. The summed E-state index contributed by atoms with van der Waals surface area (Å²) < 4.78 is 5.92. The van der Waals surface area contributed by atoms with Gasteiger partial charge >= 0.3 is 0 Å². The van der Waals surface area contributed by atoms with Crippen molar-refractivity contribution < 1.29 is 4.74 Å². The SMILES string of the molecule is CCCC(CC)CCCCCCOc1ccccc1CC. The Hall–Kier alpha value is -0.980. The Labute approximate surface area is 132 Å². The monoisotopic (exact) mass is 290 g/mol. The lowest BCUT2D eigenvalue weighted by Gasteiger charge is -2.13. The second kappa shape index (κ2) is 11.7. The third-order valence-electron chi connectivity index (χ3n) is 4.39. The minimum absolute atomic E-state index is 0.864. The van der Waals surface area contributed by atoms with Gasteiger partial charge in [-0.3, -0.25) is 0 Å². The predicted molar refractivity (Wildman–Crippen MR) is 93.1 cm³/mol. The number of ether oxygens (including phenoxy) is 1. The molecule has 0 saturated heterocycles. The first-order valence-corrected chi connectivity index (χ1v) is 9.02. The van der Waals surface area contributed by atoms with Crippen molar-refractivity contribution in [3.63, 3.8) is 0 Å². The smallest absolute Gasteiger partial charge is 0.122 e. The zero-order chi connectivity index (χ0) is 15.3. The van der Waals surface area contributed by atoms with Gasteiger partial charge < -0.3 is 4.74 Å². The van der Waals surface area contributed by atoms with Crippen LogP contribution in [0.1, 0.15) is 77.7 Å². The van der Waals surface area contributed by atoms with Gasteiger partial charge in [-0.15, -0.1) is 0 Å². The zero-order valence-electron chi connectivity index (χ0n) is 14.4. The number of hydrogen-bond donors (Lipinski definition) is 0. The first-order chi connectivity index (χ1) is 10.3. The quantitative estimate of drug-likeness (QED) is 0.404. The highest BCUT2D eigenvalue weighted by Gasteiger charge is 2.04. The fourth-order valence-corrected chi connectivity index (χ4v) is 2.97. The van der Waals surface area contributed by atoms with Crippen LogP contribution >= 0.6 is 0 Å². The highest BCUT2D eigenvalue weighted by Crippen LogP contribution is 2.20. The van der Waals surface area contributed by atoms with Crippen LogP contribution in [-0.4, -0.2) is 6.61 Å². The lowest BCUT2D eigenvalue weighted by Crippen LogP contribution is -2.01. The van der Waals surface area contributed by atoms with E-state index in [0.717, 1.165) is 24.7 Å². The van der Waals surface area contributed by atoms with Crippen LogP contribution in [0.3, 0.4) is 0 Å². The maximum atomic E-state index is 5.92. The van der Waals surface area contributed by atoms with Gasteiger partial charge in [0.25, 0.3) is 0 Å². The molecule has 0 heterocycles. The van der Waals surface area contributed by atoms with Crippen LogP contribution in [0.5, 0.6) is 5.75 Å². The van der Waals surface area contributed by atoms with Gasteiger partial charge in [-0.25, -0.2) is 0 Å². The van der Waals surface area contributed by atoms with E-state index in [9.17, 15) is 0 Å². The zero-order valence-corrected chi connectivity index (χ0v) is 14.4. The largest absolute Gasteiger partial charge is 0.493 e. The van der Waals surface area contributed by atoms with Crippen molar-refractivity contribution in [1.82, 2.24) is 0 Å². The third-order valence-corrected chi connectivity index (χ3v) is 4.39. The molecular weight excluding hydrogens is 256 g/mol. The Kier molecular flexibility index (Phi) is 10.0. The molecule has 0 spiro atoms. The van der Waals surface area contributed by atoms with Crippen LogP contribution in [0.25, 0.3) is 0 Å². The van der Waals surface area contributed by atoms with Gasteiger partial charge in [0, 0.05) is 0 Å². The van der Waals surface area contributed by atoms with Crippen LogP contribution in [-0.2, 0) is 6.42 Å². The molecule has 0 saturated carbocycles. The minimum atomic E-state index is 0.864. The van der Waals surface area contributed by atoms with E-state index in [-0.39, 0.29) is 0 Å². The van der Waals surface area contributed by atoms with Crippen LogP contribution in [0.15, 0.2) is 24.3 Å². The normalized spacial score (nSPS) is 12.3. The van der Waals surface area contributed by atoms with Crippen LogP contribution < -0.4 is 4.74 Å². The minimum Gasteiger partial charge on any atom is -0.493 e. The first-order valence-electron chi connectivity index (χ1n) is 9.02. The van der Waals surface area contributed by atoms with Crippen LogP contribution in [0, 0.1) is 5.92 Å². The van der Waals surface area contributed by atoms with E-state index in [2.05, 4.69) is 45.0 Å². The topological polar surface area (TPSA) is 9.23 Å². The van der Waals surface area contributed by atoms with E-state index in [0.29, 0.717) is 0 Å². The Morgan fingerprint density at radius 2 is 1.67 bits per heavy atom. The van der Waals surface area contributed by atoms with E-state index in [1.807, 2.05) is 0 Å². The van der Waals surface area contributed by atoms with Gasteiger partial charge in [0.2, 0.25) is 0 Å². The summed E-state index contributed by atoms with van der Waals surface area (Å²) in [6.07, 6.45) is 11.8. The third kappa shape index (κ3) is 7.55. The summed E-state index contributed by atoms with van der Waals surface area (Å²) in [6.45, 7) is 7.68. The van der Waals surface area contributed by atoms with Crippen molar-refractivity contribution >= 4 is 0 Å². The van der Waals surface area contributed by atoms with Crippen molar-refractivity contribution in [1.29, 1.82) is 0 Å². The summed E-state index contributed by atoms with van der Waals surface area (Å²) in [5.41, 5.74) is 1.32. The molecule has 0 amide bonds. The molecule has 1 aromatic carbocycles. The molecule has 1 nitrogen and oxygen atoms in total. The van der Waals surface area contributed by atoms with Crippen molar-refractivity contribution in [2.45, 2.75) is 78.6 Å². The maximum absolute atomic E-state index is 5.92. The van der Waals surface area contributed by atoms with E-state index >= 15 is 0 Å². The van der Waals surface area contributed by atoms with E-state index in [1.165, 1.54) is 56.9 Å². The Balaban J connectivity index is 2.07. The molecule has 1 atom stereocenters. The molecule has 1 unspecified atom stereocenters.